The fourth-order valence-corrected chi connectivity index (χ4v) is 12.7. The molecule has 0 saturated carbocycles. The second-order valence-corrected chi connectivity index (χ2v) is 19.1. The lowest BCUT2D eigenvalue weighted by atomic mass is 9.70. The van der Waals surface area contributed by atoms with Gasteiger partial charge < -0.3 is 9.80 Å². The quantitative estimate of drug-likeness (QED) is 0.157. The molecule has 1 aliphatic heterocycles. The third-order valence-corrected chi connectivity index (χ3v) is 15.5. The van der Waals surface area contributed by atoms with E-state index in [0.29, 0.717) is 5.92 Å². The molecule has 3 aliphatic carbocycles. The molecule has 10 aromatic rings. The van der Waals surface area contributed by atoms with Gasteiger partial charge in [0.2, 0.25) is 0 Å². The van der Waals surface area contributed by atoms with E-state index >= 15 is 0 Å². The van der Waals surface area contributed by atoms with Crippen LogP contribution in [0.15, 0.2) is 261 Å². The third-order valence-electron chi connectivity index (χ3n) is 15.5. The first kappa shape index (κ1) is 40.4. The maximum absolute atomic E-state index is 2.58. The molecule has 0 aromatic heterocycles. The average molecular weight is 893 g/mol. The molecule has 1 heterocycles. The van der Waals surface area contributed by atoms with Gasteiger partial charge in [-0.25, -0.2) is 0 Å². The molecule has 2 atom stereocenters. The molecule has 10 aromatic carbocycles. The van der Waals surface area contributed by atoms with Crippen LogP contribution >= 0.6 is 0 Å². The molecule has 2 nitrogen and oxygen atoms in total. The van der Waals surface area contributed by atoms with E-state index < -0.39 is 5.41 Å². The number of hydrogen-bond donors (Lipinski definition) is 0. The van der Waals surface area contributed by atoms with Crippen molar-refractivity contribution in [1.82, 2.24) is 0 Å². The Morgan fingerprint density at radius 1 is 0.386 bits per heavy atom. The summed E-state index contributed by atoms with van der Waals surface area (Å²) in [6.45, 7) is 2.35. The van der Waals surface area contributed by atoms with Gasteiger partial charge in [0.25, 0.3) is 0 Å². The Morgan fingerprint density at radius 3 is 1.51 bits per heavy atom. The maximum atomic E-state index is 2.58. The van der Waals surface area contributed by atoms with Gasteiger partial charge in [-0.1, -0.05) is 225 Å². The van der Waals surface area contributed by atoms with Crippen LogP contribution in [-0.2, 0) is 5.41 Å². The highest BCUT2D eigenvalue weighted by Gasteiger charge is 2.51. The molecule has 2 unspecified atom stereocenters. The minimum absolute atomic E-state index is 0.194. The summed E-state index contributed by atoms with van der Waals surface area (Å²) in [4.78, 5) is 5.11. The first-order valence-corrected chi connectivity index (χ1v) is 24.6. The first-order valence-electron chi connectivity index (χ1n) is 24.6. The normalized spacial score (nSPS) is 16.2. The molecule has 0 radical (unpaired) electrons. The zero-order valence-corrected chi connectivity index (χ0v) is 38.9. The van der Waals surface area contributed by atoms with Crippen LogP contribution in [0.25, 0.3) is 61.2 Å². The van der Waals surface area contributed by atoms with Crippen molar-refractivity contribution in [3.63, 3.8) is 0 Å². The lowest BCUT2D eigenvalue weighted by Gasteiger charge is -2.33. The number of benzene rings is 10. The standard InChI is InChI=1S/C68H48N2/c1-45-21-20-34-59-58-41-39-49(44-66(58)70(67(45)59)47-24-6-3-7-25-47)69(65-38-19-15-33-57(65)53-29-11-10-28-52(53)51-27-9-8-26-50(51)46-22-4-2-5-23-46)48-40-42-64-60(43-48)56-32-14-18-37-63(56)68(64)61-35-16-12-30-54(61)55-31-13-17-36-62(55)68/h2-45,67H,1H3. The summed E-state index contributed by atoms with van der Waals surface area (Å²) in [5.74, 6) is 0.332. The van der Waals surface area contributed by atoms with Crippen molar-refractivity contribution in [2.24, 2.45) is 5.92 Å². The zero-order valence-electron chi connectivity index (χ0n) is 38.9. The van der Waals surface area contributed by atoms with E-state index in [1.807, 2.05) is 0 Å². The fourth-order valence-electron chi connectivity index (χ4n) is 12.7. The van der Waals surface area contributed by atoms with Crippen molar-refractivity contribution in [3.05, 3.63) is 289 Å². The number of anilines is 5. The van der Waals surface area contributed by atoms with Gasteiger partial charge in [0.15, 0.2) is 0 Å². The molecule has 0 saturated heterocycles. The van der Waals surface area contributed by atoms with Gasteiger partial charge in [0, 0.05) is 28.2 Å². The second kappa shape index (κ2) is 15.9. The molecule has 0 N–H and O–H groups in total. The molecule has 70 heavy (non-hydrogen) atoms. The summed E-state index contributed by atoms with van der Waals surface area (Å²) in [5, 5.41) is 0. The molecule has 2 heteroatoms. The number of rotatable bonds is 7. The summed E-state index contributed by atoms with van der Waals surface area (Å²) in [6.07, 6.45) is 6.93. The minimum Gasteiger partial charge on any atom is -0.333 e. The van der Waals surface area contributed by atoms with Crippen molar-refractivity contribution in [1.29, 1.82) is 0 Å². The van der Waals surface area contributed by atoms with Gasteiger partial charge in [-0.15, -0.1) is 0 Å². The van der Waals surface area contributed by atoms with E-state index in [1.165, 1.54) is 94.8 Å². The van der Waals surface area contributed by atoms with Crippen LogP contribution in [0.2, 0.25) is 0 Å². The van der Waals surface area contributed by atoms with Crippen LogP contribution < -0.4 is 9.80 Å². The molecule has 4 aliphatic rings. The van der Waals surface area contributed by atoms with Crippen LogP contribution in [0.5, 0.6) is 0 Å². The van der Waals surface area contributed by atoms with Crippen LogP contribution in [0.4, 0.5) is 28.4 Å². The number of para-hydroxylation sites is 2. The van der Waals surface area contributed by atoms with Crippen LogP contribution in [0.3, 0.4) is 0 Å². The van der Waals surface area contributed by atoms with Gasteiger partial charge in [-0.05, 0) is 126 Å². The SMILES string of the molecule is CC1C=CC=C2c3ccc(N(c4ccc5c(c4)-c4ccccc4C54c5ccccc5-c5ccccc54)c4ccccc4-c4ccccc4-c4ccccc4-c4ccccc4)cc3N(c3ccccc3)C21. The smallest absolute Gasteiger partial charge is 0.0725 e. The topological polar surface area (TPSA) is 6.48 Å². The molecule has 1 spiro atoms. The van der Waals surface area contributed by atoms with Gasteiger partial charge in [-0.2, -0.15) is 0 Å². The Kier molecular flexibility index (Phi) is 9.19. The summed E-state index contributed by atoms with van der Waals surface area (Å²) in [5.41, 5.74) is 25.7. The number of allylic oxidation sites excluding steroid dienone is 2. The molecule has 0 bridgehead atoms. The molecule has 0 amide bonds. The van der Waals surface area contributed by atoms with E-state index in [2.05, 4.69) is 278 Å². The Labute approximate surface area is 410 Å². The van der Waals surface area contributed by atoms with Crippen molar-refractivity contribution in [2.45, 2.75) is 18.4 Å². The van der Waals surface area contributed by atoms with E-state index in [-0.39, 0.29) is 6.04 Å². The Morgan fingerprint density at radius 2 is 0.857 bits per heavy atom. The van der Waals surface area contributed by atoms with Gasteiger partial charge in [0.1, 0.15) is 0 Å². The van der Waals surface area contributed by atoms with Crippen molar-refractivity contribution < 1.29 is 0 Å². The van der Waals surface area contributed by atoms with Gasteiger partial charge in [-0.3, -0.25) is 0 Å². The molecular formula is C68H48N2. The predicted octanol–water partition coefficient (Wildman–Crippen LogP) is 17.6. The highest BCUT2D eigenvalue weighted by Crippen LogP contribution is 2.63. The molecule has 14 rings (SSSR count). The second-order valence-electron chi connectivity index (χ2n) is 19.1. The molecule has 330 valence electrons. The average Bonchev–Trinajstić information content (AvgIpc) is 4.04. The Balaban J connectivity index is 1.02. The third kappa shape index (κ3) is 5.87. The van der Waals surface area contributed by atoms with Gasteiger partial charge >= 0.3 is 0 Å². The summed E-state index contributed by atoms with van der Waals surface area (Å²) >= 11 is 0. The number of nitrogens with zero attached hydrogens (tertiary/aromatic N) is 2. The van der Waals surface area contributed by atoms with Gasteiger partial charge in [0.05, 0.1) is 22.8 Å². The minimum atomic E-state index is -0.427. The predicted molar refractivity (Wildman–Crippen MR) is 292 cm³/mol. The molecular weight excluding hydrogens is 845 g/mol. The maximum Gasteiger partial charge on any atom is 0.0725 e. The number of fused-ring (bicyclic) bond motifs is 13. The lowest BCUT2D eigenvalue weighted by molar-refractivity contribution is 0.637. The largest absolute Gasteiger partial charge is 0.333 e. The first-order chi connectivity index (χ1) is 34.7. The zero-order chi connectivity index (χ0) is 46.3. The highest BCUT2D eigenvalue weighted by atomic mass is 15.2. The van der Waals surface area contributed by atoms with E-state index in [9.17, 15) is 0 Å². The van der Waals surface area contributed by atoms with Crippen molar-refractivity contribution in [2.75, 3.05) is 9.80 Å². The number of hydrogen-bond acceptors (Lipinski definition) is 2. The van der Waals surface area contributed by atoms with Crippen LogP contribution in [-0.4, -0.2) is 6.04 Å². The monoisotopic (exact) mass is 892 g/mol. The van der Waals surface area contributed by atoms with E-state index in [0.717, 1.165) is 22.6 Å². The van der Waals surface area contributed by atoms with Crippen LogP contribution in [0.1, 0.15) is 34.7 Å². The van der Waals surface area contributed by atoms with E-state index in [1.54, 1.807) is 0 Å². The lowest BCUT2D eigenvalue weighted by Crippen LogP contribution is -2.33. The Hall–Kier alpha value is -8.72. The van der Waals surface area contributed by atoms with E-state index in [4.69, 9.17) is 0 Å². The highest BCUT2D eigenvalue weighted by molar-refractivity contribution is 6.01. The van der Waals surface area contributed by atoms with Crippen molar-refractivity contribution in [3.8, 4) is 55.6 Å². The molecule has 0 fully saturated rings. The fraction of sp³-hybridized carbons (Fsp3) is 0.0588. The van der Waals surface area contributed by atoms with Crippen molar-refractivity contribution >= 4 is 34.0 Å². The summed E-state index contributed by atoms with van der Waals surface area (Å²) in [7, 11) is 0. The van der Waals surface area contributed by atoms with Crippen LogP contribution in [0, 0.1) is 5.92 Å². The summed E-state index contributed by atoms with van der Waals surface area (Å²) in [6, 6.07) is 90.5. The Bertz CT molecular complexity index is 3720. The summed E-state index contributed by atoms with van der Waals surface area (Å²) < 4.78 is 0.